The number of hydrogen-bond acceptors (Lipinski definition) is 5. The number of methoxy groups -OCH3 is 1. The minimum Gasteiger partial charge on any atom is -0.492 e. The summed E-state index contributed by atoms with van der Waals surface area (Å²) in [6, 6.07) is 0. The van der Waals surface area contributed by atoms with Gasteiger partial charge in [0.05, 0.1) is 31.7 Å². The standard InChI is InChI=1S/C8H12O5/c1-12-8(11)5-2-6(10)7(3-9)13-4-5/h4,6-7,9-10H,2-3H2,1H3. The fourth-order valence-corrected chi connectivity index (χ4v) is 1.09. The highest BCUT2D eigenvalue weighted by Crippen LogP contribution is 2.18. The topological polar surface area (TPSA) is 76.0 Å². The van der Waals surface area contributed by atoms with Crippen LogP contribution in [-0.4, -0.2) is 42.1 Å². The van der Waals surface area contributed by atoms with Crippen molar-refractivity contribution in [2.24, 2.45) is 0 Å². The lowest BCUT2D eigenvalue weighted by molar-refractivity contribution is -0.138. The van der Waals surface area contributed by atoms with Crippen LogP contribution in [0, 0.1) is 0 Å². The van der Waals surface area contributed by atoms with Crippen LogP contribution in [0.4, 0.5) is 0 Å². The molecule has 74 valence electrons. The van der Waals surface area contributed by atoms with E-state index in [1.165, 1.54) is 13.4 Å². The van der Waals surface area contributed by atoms with Crippen molar-refractivity contribution in [3.05, 3.63) is 11.8 Å². The largest absolute Gasteiger partial charge is 0.492 e. The van der Waals surface area contributed by atoms with Gasteiger partial charge in [-0.25, -0.2) is 4.79 Å². The van der Waals surface area contributed by atoms with E-state index in [9.17, 15) is 9.90 Å². The molecular weight excluding hydrogens is 176 g/mol. The molecular formula is C8H12O5. The SMILES string of the molecule is COC(=O)C1=COC(CO)C(O)C1. The maximum Gasteiger partial charge on any atom is 0.336 e. The van der Waals surface area contributed by atoms with E-state index in [2.05, 4.69) is 4.74 Å². The van der Waals surface area contributed by atoms with E-state index in [1.54, 1.807) is 0 Å². The molecule has 0 saturated heterocycles. The van der Waals surface area contributed by atoms with E-state index in [1.807, 2.05) is 0 Å². The molecule has 5 heteroatoms. The van der Waals surface area contributed by atoms with Gasteiger partial charge in [0.25, 0.3) is 0 Å². The van der Waals surface area contributed by atoms with Crippen LogP contribution in [0.1, 0.15) is 6.42 Å². The van der Waals surface area contributed by atoms with Crippen molar-refractivity contribution in [2.45, 2.75) is 18.6 Å². The second kappa shape index (κ2) is 4.25. The lowest BCUT2D eigenvalue weighted by atomic mass is 10.0. The lowest BCUT2D eigenvalue weighted by Gasteiger charge is -2.25. The van der Waals surface area contributed by atoms with E-state index >= 15 is 0 Å². The predicted molar refractivity (Wildman–Crippen MR) is 42.7 cm³/mol. The van der Waals surface area contributed by atoms with Gasteiger partial charge in [-0.2, -0.15) is 0 Å². The summed E-state index contributed by atoms with van der Waals surface area (Å²) >= 11 is 0. The van der Waals surface area contributed by atoms with Crippen molar-refractivity contribution in [3.8, 4) is 0 Å². The van der Waals surface area contributed by atoms with Gasteiger partial charge in [-0.3, -0.25) is 0 Å². The quantitative estimate of drug-likeness (QED) is 0.554. The van der Waals surface area contributed by atoms with Gasteiger partial charge < -0.3 is 19.7 Å². The van der Waals surface area contributed by atoms with Crippen molar-refractivity contribution in [3.63, 3.8) is 0 Å². The summed E-state index contributed by atoms with van der Waals surface area (Å²) in [5.74, 6) is -0.518. The molecule has 1 heterocycles. The summed E-state index contributed by atoms with van der Waals surface area (Å²) in [5.41, 5.74) is 0.278. The van der Waals surface area contributed by atoms with Crippen molar-refractivity contribution in [1.82, 2.24) is 0 Å². The van der Waals surface area contributed by atoms with Crippen LogP contribution >= 0.6 is 0 Å². The minimum atomic E-state index is -0.857. The first kappa shape index (κ1) is 10.0. The highest BCUT2D eigenvalue weighted by molar-refractivity contribution is 5.88. The van der Waals surface area contributed by atoms with Crippen LogP contribution in [0.5, 0.6) is 0 Å². The van der Waals surface area contributed by atoms with E-state index in [-0.39, 0.29) is 18.6 Å². The van der Waals surface area contributed by atoms with Gasteiger partial charge in [0.1, 0.15) is 6.10 Å². The van der Waals surface area contributed by atoms with Crippen molar-refractivity contribution in [2.75, 3.05) is 13.7 Å². The Morgan fingerprint density at radius 3 is 3.00 bits per heavy atom. The van der Waals surface area contributed by atoms with Crippen LogP contribution in [0.3, 0.4) is 0 Å². The van der Waals surface area contributed by atoms with Crippen LogP contribution in [0.15, 0.2) is 11.8 Å². The monoisotopic (exact) mass is 188 g/mol. The molecule has 0 saturated carbocycles. The smallest absolute Gasteiger partial charge is 0.336 e. The first-order valence-corrected chi connectivity index (χ1v) is 3.90. The Balaban J connectivity index is 2.62. The highest BCUT2D eigenvalue weighted by atomic mass is 16.5. The number of carbonyl (C=O) groups excluding carboxylic acids is 1. The lowest BCUT2D eigenvalue weighted by Crippen LogP contribution is -2.35. The fraction of sp³-hybridized carbons (Fsp3) is 0.625. The fourth-order valence-electron chi connectivity index (χ4n) is 1.09. The third-order valence-electron chi connectivity index (χ3n) is 1.87. The first-order valence-electron chi connectivity index (χ1n) is 3.90. The van der Waals surface area contributed by atoms with Crippen LogP contribution in [-0.2, 0) is 14.3 Å². The molecule has 5 nitrogen and oxygen atoms in total. The highest BCUT2D eigenvalue weighted by Gasteiger charge is 2.28. The Morgan fingerprint density at radius 1 is 1.85 bits per heavy atom. The third kappa shape index (κ3) is 2.19. The molecule has 2 atom stereocenters. The molecule has 13 heavy (non-hydrogen) atoms. The van der Waals surface area contributed by atoms with E-state index < -0.39 is 18.2 Å². The molecule has 0 amide bonds. The molecule has 1 aliphatic rings. The number of carbonyl (C=O) groups is 1. The number of ether oxygens (including phenoxy) is 2. The maximum absolute atomic E-state index is 11.0. The number of rotatable bonds is 2. The summed E-state index contributed by atoms with van der Waals surface area (Å²) in [4.78, 5) is 11.0. The number of aliphatic hydroxyl groups excluding tert-OH is 2. The number of hydrogen-bond donors (Lipinski definition) is 2. The molecule has 0 spiro atoms. The second-order valence-corrected chi connectivity index (χ2v) is 2.76. The molecule has 0 bridgehead atoms. The summed E-state index contributed by atoms with van der Waals surface area (Å²) < 4.78 is 9.36. The van der Waals surface area contributed by atoms with Gasteiger partial charge in [0.2, 0.25) is 0 Å². The first-order chi connectivity index (χ1) is 6.19. The summed E-state index contributed by atoms with van der Waals surface area (Å²) in [7, 11) is 1.26. The van der Waals surface area contributed by atoms with E-state index in [4.69, 9.17) is 9.84 Å². The molecule has 0 fully saturated rings. The van der Waals surface area contributed by atoms with Gasteiger partial charge in [0.15, 0.2) is 0 Å². The van der Waals surface area contributed by atoms with Gasteiger partial charge in [-0.15, -0.1) is 0 Å². The predicted octanol–water partition coefficient (Wildman–Crippen LogP) is -0.815. The Morgan fingerprint density at radius 2 is 2.54 bits per heavy atom. The Hall–Kier alpha value is -1.07. The van der Waals surface area contributed by atoms with Crippen molar-refractivity contribution in [1.29, 1.82) is 0 Å². The molecule has 2 unspecified atom stereocenters. The number of aliphatic hydroxyl groups is 2. The second-order valence-electron chi connectivity index (χ2n) is 2.76. The Bertz CT molecular complexity index is 223. The zero-order valence-corrected chi connectivity index (χ0v) is 7.27. The van der Waals surface area contributed by atoms with Crippen LogP contribution < -0.4 is 0 Å². The van der Waals surface area contributed by atoms with Gasteiger partial charge in [-0.05, 0) is 0 Å². The summed E-state index contributed by atoms with van der Waals surface area (Å²) in [6.45, 7) is -0.272. The molecule has 1 rings (SSSR count). The maximum atomic E-state index is 11.0. The Labute approximate surface area is 75.6 Å². The normalized spacial score (nSPS) is 27.5. The molecule has 0 aromatic carbocycles. The summed E-state index contributed by atoms with van der Waals surface area (Å²) in [5, 5.41) is 18.1. The number of esters is 1. The van der Waals surface area contributed by atoms with Gasteiger partial charge >= 0.3 is 5.97 Å². The molecule has 0 aliphatic carbocycles. The molecule has 1 aliphatic heterocycles. The average molecular weight is 188 g/mol. The van der Waals surface area contributed by atoms with Crippen molar-refractivity contribution >= 4 is 5.97 Å². The van der Waals surface area contributed by atoms with Crippen LogP contribution in [0.25, 0.3) is 0 Å². The van der Waals surface area contributed by atoms with E-state index in [0.717, 1.165) is 0 Å². The summed E-state index contributed by atoms with van der Waals surface area (Å²) in [6.07, 6.45) is -0.130. The Kier molecular flexibility index (Phi) is 3.27. The molecule has 0 radical (unpaired) electrons. The van der Waals surface area contributed by atoms with Crippen LogP contribution in [0.2, 0.25) is 0 Å². The molecule has 2 N–H and O–H groups in total. The zero-order valence-electron chi connectivity index (χ0n) is 7.27. The van der Waals surface area contributed by atoms with Gasteiger partial charge in [0, 0.05) is 6.42 Å². The molecule has 0 aromatic heterocycles. The average Bonchev–Trinajstić information content (AvgIpc) is 2.16. The molecule has 0 aromatic rings. The minimum absolute atomic E-state index is 0.151. The van der Waals surface area contributed by atoms with Gasteiger partial charge in [-0.1, -0.05) is 0 Å². The zero-order chi connectivity index (χ0) is 9.84. The van der Waals surface area contributed by atoms with Crippen molar-refractivity contribution < 1.29 is 24.5 Å². The van der Waals surface area contributed by atoms with E-state index in [0.29, 0.717) is 0 Å². The third-order valence-corrected chi connectivity index (χ3v) is 1.87.